The van der Waals surface area contributed by atoms with E-state index in [1.807, 2.05) is 7.05 Å². The molecule has 20 heavy (non-hydrogen) atoms. The summed E-state index contributed by atoms with van der Waals surface area (Å²) in [5, 5.41) is 7.81. The van der Waals surface area contributed by atoms with Gasteiger partial charge in [0.1, 0.15) is 10.6 Å². The van der Waals surface area contributed by atoms with Crippen LogP contribution in [0, 0.1) is 0 Å². The van der Waals surface area contributed by atoms with E-state index in [9.17, 15) is 0 Å². The van der Waals surface area contributed by atoms with Gasteiger partial charge in [-0.1, -0.05) is 6.92 Å². The molecule has 0 saturated carbocycles. The van der Waals surface area contributed by atoms with Crippen LogP contribution in [0.15, 0.2) is 6.07 Å². The Hall–Kier alpha value is -1.40. The number of nitrogens with zero attached hydrogens (tertiary/aromatic N) is 3. The molecule has 2 N–H and O–H groups in total. The molecule has 5 nitrogen and oxygen atoms in total. The SMILES string of the molecule is CCc1cc2c(NC3CCN(C)C3)nc(NC)nc2s1. The number of aromatic nitrogens is 2. The first-order valence-corrected chi connectivity index (χ1v) is 7.94. The summed E-state index contributed by atoms with van der Waals surface area (Å²) in [4.78, 5) is 13.9. The van der Waals surface area contributed by atoms with Crippen LogP contribution in [-0.2, 0) is 6.42 Å². The number of aryl methyl sites for hydroxylation is 1. The van der Waals surface area contributed by atoms with Crippen LogP contribution in [0.5, 0.6) is 0 Å². The lowest BCUT2D eigenvalue weighted by Crippen LogP contribution is -2.24. The topological polar surface area (TPSA) is 53.1 Å². The predicted octanol–water partition coefficient (Wildman–Crippen LogP) is 2.41. The molecule has 3 rings (SSSR count). The molecule has 1 aliphatic heterocycles. The number of anilines is 2. The molecule has 1 unspecified atom stereocenters. The van der Waals surface area contributed by atoms with Gasteiger partial charge >= 0.3 is 0 Å². The van der Waals surface area contributed by atoms with Crippen molar-refractivity contribution in [2.45, 2.75) is 25.8 Å². The molecule has 0 bridgehead atoms. The van der Waals surface area contributed by atoms with Gasteiger partial charge in [0.15, 0.2) is 0 Å². The van der Waals surface area contributed by atoms with Gasteiger partial charge in [0.2, 0.25) is 5.95 Å². The third-order valence-corrected chi connectivity index (χ3v) is 4.92. The minimum atomic E-state index is 0.479. The smallest absolute Gasteiger partial charge is 0.225 e. The maximum absolute atomic E-state index is 4.61. The Balaban J connectivity index is 1.96. The molecule has 108 valence electrons. The van der Waals surface area contributed by atoms with Crippen molar-refractivity contribution in [1.82, 2.24) is 14.9 Å². The first-order valence-electron chi connectivity index (χ1n) is 7.13. The molecule has 1 saturated heterocycles. The molecular formula is C14H21N5S. The monoisotopic (exact) mass is 291 g/mol. The fraction of sp³-hybridized carbons (Fsp3) is 0.571. The van der Waals surface area contributed by atoms with Gasteiger partial charge < -0.3 is 15.5 Å². The molecule has 0 spiro atoms. The number of thiophene rings is 1. The first kappa shape index (κ1) is 13.6. The molecule has 0 radical (unpaired) electrons. The van der Waals surface area contributed by atoms with Crippen LogP contribution < -0.4 is 10.6 Å². The van der Waals surface area contributed by atoms with E-state index in [1.165, 1.54) is 11.3 Å². The minimum Gasteiger partial charge on any atom is -0.365 e. The first-order chi connectivity index (χ1) is 9.69. The van der Waals surface area contributed by atoms with Gasteiger partial charge in [0.25, 0.3) is 0 Å². The van der Waals surface area contributed by atoms with Crippen LogP contribution in [0.1, 0.15) is 18.2 Å². The number of nitrogens with one attached hydrogen (secondary N) is 2. The number of likely N-dealkylation sites (tertiary alicyclic amines) is 1. The summed E-state index contributed by atoms with van der Waals surface area (Å²) >= 11 is 1.76. The summed E-state index contributed by atoms with van der Waals surface area (Å²) in [6.45, 7) is 4.40. The molecule has 1 aliphatic rings. The summed E-state index contributed by atoms with van der Waals surface area (Å²) in [5.74, 6) is 1.66. The second-order valence-electron chi connectivity index (χ2n) is 5.32. The summed E-state index contributed by atoms with van der Waals surface area (Å²) in [7, 11) is 4.03. The van der Waals surface area contributed by atoms with Crippen LogP contribution in [0.25, 0.3) is 10.2 Å². The van der Waals surface area contributed by atoms with Crippen LogP contribution in [0.2, 0.25) is 0 Å². The lowest BCUT2D eigenvalue weighted by molar-refractivity contribution is 0.414. The normalized spacial score (nSPS) is 19.6. The lowest BCUT2D eigenvalue weighted by atomic mass is 10.2. The van der Waals surface area contributed by atoms with Gasteiger partial charge in [0, 0.05) is 24.5 Å². The van der Waals surface area contributed by atoms with Crippen molar-refractivity contribution in [3.63, 3.8) is 0 Å². The van der Waals surface area contributed by atoms with Crippen molar-refractivity contribution in [1.29, 1.82) is 0 Å². The van der Waals surface area contributed by atoms with Gasteiger partial charge in [-0.05, 0) is 32.5 Å². The van der Waals surface area contributed by atoms with E-state index < -0.39 is 0 Å². The Labute approximate surface area is 123 Å². The molecule has 0 aromatic carbocycles. The maximum Gasteiger partial charge on any atom is 0.225 e. The Bertz CT molecular complexity index is 609. The molecular weight excluding hydrogens is 270 g/mol. The fourth-order valence-corrected chi connectivity index (χ4v) is 3.58. The van der Waals surface area contributed by atoms with Crippen LogP contribution in [0.4, 0.5) is 11.8 Å². The van der Waals surface area contributed by atoms with Crippen molar-refractivity contribution in [2.24, 2.45) is 0 Å². The molecule has 2 aromatic rings. The van der Waals surface area contributed by atoms with Crippen LogP contribution in [-0.4, -0.2) is 48.1 Å². The highest BCUT2D eigenvalue weighted by Crippen LogP contribution is 2.31. The summed E-state index contributed by atoms with van der Waals surface area (Å²) < 4.78 is 0. The Morgan fingerprint density at radius 3 is 2.95 bits per heavy atom. The van der Waals surface area contributed by atoms with Crippen molar-refractivity contribution in [2.75, 3.05) is 37.8 Å². The van der Waals surface area contributed by atoms with E-state index in [1.54, 1.807) is 11.3 Å². The van der Waals surface area contributed by atoms with Crippen molar-refractivity contribution < 1.29 is 0 Å². The number of rotatable bonds is 4. The predicted molar refractivity (Wildman–Crippen MR) is 85.9 cm³/mol. The molecule has 0 aliphatic carbocycles. The summed E-state index contributed by atoms with van der Waals surface area (Å²) in [6, 6.07) is 2.70. The number of likely N-dealkylation sites (N-methyl/N-ethyl adjacent to an activating group) is 1. The minimum absolute atomic E-state index is 0.479. The van der Waals surface area contributed by atoms with Gasteiger partial charge in [-0.3, -0.25) is 0 Å². The molecule has 0 amide bonds. The summed E-state index contributed by atoms with van der Waals surface area (Å²) in [6.07, 6.45) is 2.21. The standard InChI is InChI=1S/C14H21N5S/c1-4-10-7-11-12(16-9-5-6-19(3)8-9)17-14(15-2)18-13(11)20-10/h7,9H,4-6,8H2,1-3H3,(H2,15,16,17,18). The average molecular weight is 291 g/mol. The zero-order valence-electron chi connectivity index (χ0n) is 12.2. The third-order valence-electron chi connectivity index (χ3n) is 3.75. The van der Waals surface area contributed by atoms with Crippen molar-refractivity contribution in [3.8, 4) is 0 Å². The zero-order valence-corrected chi connectivity index (χ0v) is 13.0. The van der Waals surface area contributed by atoms with E-state index in [0.29, 0.717) is 12.0 Å². The molecule has 1 fully saturated rings. The maximum atomic E-state index is 4.61. The van der Waals surface area contributed by atoms with Crippen LogP contribution in [0.3, 0.4) is 0 Å². The third kappa shape index (κ3) is 2.58. The molecule has 6 heteroatoms. The molecule has 1 atom stereocenters. The van der Waals surface area contributed by atoms with E-state index >= 15 is 0 Å². The van der Waals surface area contributed by atoms with Gasteiger partial charge in [-0.2, -0.15) is 4.98 Å². The van der Waals surface area contributed by atoms with Gasteiger partial charge in [-0.25, -0.2) is 4.98 Å². The van der Waals surface area contributed by atoms with E-state index in [0.717, 1.165) is 35.5 Å². The second-order valence-corrected chi connectivity index (χ2v) is 6.44. The number of hydrogen-bond donors (Lipinski definition) is 2. The van der Waals surface area contributed by atoms with Crippen LogP contribution >= 0.6 is 11.3 Å². The Morgan fingerprint density at radius 1 is 1.45 bits per heavy atom. The largest absolute Gasteiger partial charge is 0.365 e. The van der Waals surface area contributed by atoms with Gasteiger partial charge in [0.05, 0.1) is 5.39 Å². The van der Waals surface area contributed by atoms with E-state index in [2.05, 4.69) is 45.5 Å². The van der Waals surface area contributed by atoms with E-state index in [-0.39, 0.29) is 0 Å². The zero-order chi connectivity index (χ0) is 14.1. The average Bonchev–Trinajstić information content (AvgIpc) is 3.04. The fourth-order valence-electron chi connectivity index (χ4n) is 2.61. The Kier molecular flexibility index (Phi) is 3.76. The lowest BCUT2D eigenvalue weighted by Gasteiger charge is -2.14. The highest BCUT2D eigenvalue weighted by atomic mass is 32.1. The number of fused-ring (bicyclic) bond motifs is 1. The quantitative estimate of drug-likeness (QED) is 0.906. The summed E-state index contributed by atoms with van der Waals surface area (Å²) in [5.41, 5.74) is 0. The van der Waals surface area contributed by atoms with Gasteiger partial charge in [-0.15, -0.1) is 11.3 Å². The van der Waals surface area contributed by atoms with E-state index in [4.69, 9.17) is 0 Å². The molecule has 3 heterocycles. The van der Waals surface area contributed by atoms with Crippen molar-refractivity contribution >= 4 is 33.3 Å². The Morgan fingerprint density at radius 2 is 2.30 bits per heavy atom. The highest BCUT2D eigenvalue weighted by Gasteiger charge is 2.21. The highest BCUT2D eigenvalue weighted by molar-refractivity contribution is 7.18. The van der Waals surface area contributed by atoms with Crippen molar-refractivity contribution in [3.05, 3.63) is 10.9 Å². The second kappa shape index (κ2) is 5.54. The number of hydrogen-bond acceptors (Lipinski definition) is 6. The molecule has 2 aromatic heterocycles.